The Morgan fingerprint density at radius 2 is 2.12 bits per heavy atom. The van der Waals surface area contributed by atoms with Crippen molar-refractivity contribution in [2.75, 3.05) is 26.8 Å². The summed E-state index contributed by atoms with van der Waals surface area (Å²) in [6.07, 6.45) is 6.39. The van der Waals surface area contributed by atoms with E-state index in [4.69, 9.17) is 10.5 Å². The summed E-state index contributed by atoms with van der Waals surface area (Å²) in [5, 5.41) is 0. The first-order valence-electron chi connectivity index (χ1n) is 6.66. The zero-order valence-electron chi connectivity index (χ0n) is 11.2. The summed E-state index contributed by atoms with van der Waals surface area (Å²) in [4.78, 5) is 2.60. The first kappa shape index (κ1) is 13.9. The fourth-order valence-corrected chi connectivity index (χ4v) is 2.96. The van der Waals surface area contributed by atoms with Crippen molar-refractivity contribution in [1.82, 2.24) is 4.90 Å². The SMILES string of the molecule is CCC(CN)(COC)N1CCCCCC1C. The van der Waals surface area contributed by atoms with Gasteiger partial charge in [-0.1, -0.05) is 19.8 Å². The normalized spacial score (nSPS) is 27.4. The number of methoxy groups -OCH3 is 1. The van der Waals surface area contributed by atoms with Crippen LogP contribution in [0.15, 0.2) is 0 Å². The second-order valence-electron chi connectivity index (χ2n) is 5.11. The molecule has 1 saturated heterocycles. The molecule has 1 aliphatic rings. The van der Waals surface area contributed by atoms with Gasteiger partial charge >= 0.3 is 0 Å². The average Bonchev–Trinajstić information content (AvgIpc) is 2.52. The Hall–Kier alpha value is -0.120. The third-order valence-corrected chi connectivity index (χ3v) is 4.11. The van der Waals surface area contributed by atoms with E-state index >= 15 is 0 Å². The van der Waals surface area contributed by atoms with E-state index in [0.29, 0.717) is 12.6 Å². The van der Waals surface area contributed by atoms with Gasteiger partial charge in [-0.05, 0) is 32.7 Å². The van der Waals surface area contributed by atoms with Crippen LogP contribution in [0.3, 0.4) is 0 Å². The quantitative estimate of drug-likeness (QED) is 0.782. The van der Waals surface area contributed by atoms with Gasteiger partial charge in [0.15, 0.2) is 0 Å². The molecule has 0 aromatic carbocycles. The molecule has 2 unspecified atom stereocenters. The molecule has 16 heavy (non-hydrogen) atoms. The van der Waals surface area contributed by atoms with Crippen LogP contribution in [0.25, 0.3) is 0 Å². The lowest BCUT2D eigenvalue weighted by Crippen LogP contribution is -2.59. The predicted molar refractivity (Wildman–Crippen MR) is 68.6 cm³/mol. The van der Waals surface area contributed by atoms with E-state index in [2.05, 4.69) is 18.7 Å². The van der Waals surface area contributed by atoms with Gasteiger partial charge < -0.3 is 10.5 Å². The van der Waals surface area contributed by atoms with Crippen LogP contribution in [0.2, 0.25) is 0 Å². The highest BCUT2D eigenvalue weighted by Gasteiger charge is 2.36. The van der Waals surface area contributed by atoms with E-state index in [1.807, 2.05) is 0 Å². The first-order valence-corrected chi connectivity index (χ1v) is 6.66. The number of rotatable bonds is 5. The molecule has 0 saturated carbocycles. The molecule has 0 aromatic heterocycles. The van der Waals surface area contributed by atoms with Gasteiger partial charge in [-0.25, -0.2) is 0 Å². The van der Waals surface area contributed by atoms with Crippen molar-refractivity contribution in [3.8, 4) is 0 Å². The van der Waals surface area contributed by atoms with Crippen molar-refractivity contribution in [2.45, 2.75) is 57.5 Å². The number of hydrogen-bond acceptors (Lipinski definition) is 3. The monoisotopic (exact) mass is 228 g/mol. The molecule has 0 aromatic rings. The van der Waals surface area contributed by atoms with Gasteiger partial charge in [0.25, 0.3) is 0 Å². The lowest BCUT2D eigenvalue weighted by atomic mass is 9.92. The molecule has 96 valence electrons. The van der Waals surface area contributed by atoms with Crippen LogP contribution in [-0.4, -0.2) is 43.3 Å². The molecule has 2 atom stereocenters. The second-order valence-corrected chi connectivity index (χ2v) is 5.11. The lowest BCUT2D eigenvalue weighted by molar-refractivity contribution is -0.00930. The van der Waals surface area contributed by atoms with Crippen molar-refractivity contribution in [3.05, 3.63) is 0 Å². The number of hydrogen-bond donors (Lipinski definition) is 1. The van der Waals surface area contributed by atoms with Crippen LogP contribution in [-0.2, 0) is 4.74 Å². The summed E-state index contributed by atoms with van der Waals surface area (Å²) in [6.45, 7) is 7.19. The fourth-order valence-electron chi connectivity index (χ4n) is 2.96. The fraction of sp³-hybridized carbons (Fsp3) is 1.00. The Morgan fingerprint density at radius 3 is 2.69 bits per heavy atom. The maximum atomic E-state index is 6.03. The Morgan fingerprint density at radius 1 is 1.38 bits per heavy atom. The molecular formula is C13H28N2O. The molecule has 3 nitrogen and oxygen atoms in total. The Labute approximate surface area is 100 Å². The van der Waals surface area contributed by atoms with Gasteiger partial charge in [0.1, 0.15) is 0 Å². The Kier molecular flexibility index (Phi) is 5.73. The lowest BCUT2D eigenvalue weighted by Gasteiger charge is -2.45. The van der Waals surface area contributed by atoms with E-state index in [-0.39, 0.29) is 5.54 Å². The zero-order valence-corrected chi connectivity index (χ0v) is 11.2. The van der Waals surface area contributed by atoms with Gasteiger partial charge in [0.2, 0.25) is 0 Å². The molecule has 1 aliphatic heterocycles. The largest absolute Gasteiger partial charge is 0.383 e. The van der Waals surface area contributed by atoms with Crippen LogP contribution >= 0.6 is 0 Å². The maximum Gasteiger partial charge on any atom is 0.0659 e. The number of nitrogens with two attached hydrogens (primary N) is 1. The molecule has 0 bridgehead atoms. The van der Waals surface area contributed by atoms with Crippen molar-refractivity contribution in [2.24, 2.45) is 5.73 Å². The van der Waals surface area contributed by atoms with Crippen molar-refractivity contribution >= 4 is 0 Å². The van der Waals surface area contributed by atoms with Gasteiger partial charge in [-0.3, -0.25) is 4.90 Å². The minimum Gasteiger partial charge on any atom is -0.383 e. The summed E-state index contributed by atoms with van der Waals surface area (Å²) in [5.41, 5.74) is 6.08. The average molecular weight is 228 g/mol. The smallest absolute Gasteiger partial charge is 0.0659 e. The van der Waals surface area contributed by atoms with Crippen molar-refractivity contribution in [3.63, 3.8) is 0 Å². The number of nitrogens with zero attached hydrogens (tertiary/aromatic N) is 1. The highest BCUT2D eigenvalue weighted by atomic mass is 16.5. The zero-order chi connectivity index (χ0) is 12.0. The Balaban J connectivity index is 2.80. The van der Waals surface area contributed by atoms with Crippen molar-refractivity contribution in [1.29, 1.82) is 0 Å². The minimum absolute atomic E-state index is 0.0541. The van der Waals surface area contributed by atoms with Crippen LogP contribution in [0.4, 0.5) is 0 Å². The van der Waals surface area contributed by atoms with E-state index in [1.165, 1.54) is 32.2 Å². The van der Waals surface area contributed by atoms with Gasteiger partial charge in [0, 0.05) is 19.7 Å². The Bertz CT molecular complexity index is 192. The predicted octanol–water partition coefficient (Wildman–Crippen LogP) is 2.00. The molecule has 0 aliphatic carbocycles. The minimum atomic E-state index is 0.0541. The van der Waals surface area contributed by atoms with Gasteiger partial charge in [-0.15, -0.1) is 0 Å². The summed E-state index contributed by atoms with van der Waals surface area (Å²) >= 11 is 0. The molecule has 0 spiro atoms. The van der Waals surface area contributed by atoms with Crippen LogP contribution in [0, 0.1) is 0 Å². The molecule has 1 rings (SSSR count). The molecule has 0 amide bonds. The maximum absolute atomic E-state index is 6.03. The summed E-state index contributed by atoms with van der Waals surface area (Å²) in [5.74, 6) is 0. The van der Waals surface area contributed by atoms with E-state index in [9.17, 15) is 0 Å². The highest BCUT2D eigenvalue weighted by Crippen LogP contribution is 2.27. The third-order valence-electron chi connectivity index (χ3n) is 4.11. The molecular weight excluding hydrogens is 200 g/mol. The molecule has 1 heterocycles. The van der Waals surface area contributed by atoms with Gasteiger partial charge in [0.05, 0.1) is 12.1 Å². The van der Waals surface area contributed by atoms with Gasteiger partial charge in [-0.2, -0.15) is 0 Å². The molecule has 1 fully saturated rings. The second kappa shape index (κ2) is 6.58. The van der Waals surface area contributed by atoms with E-state index in [0.717, 1.165) is 13.0 Å². The van der Waals surface area contributed by atoms with Crippen molar-refractivity contribution < 1.29 is 4.74 Å². The number of ether oxygens (including phenoxy) is 1. The van der Waals surface area contributed by atoms with E-state index in [1.54, 1.807) is 7.11 Å². The van der Waals surface area contributed by atoms with Crippen LogP contribution in [0.5, 0.6) is 0 Å². The summed E-state index contributed by atoms with van der Waals surface area (Å²) in [7, 11) is 1.78. The summed E-state index contributed by atoms with van der Waals surface area (Å²) < 4.78 is 5.41. The van der Waals surface area contributed by atoms with Crippen LogP contribution < -0.4 is 5.73 Å². The molecule has 3 heteroatoms. The highest BCUT2D eigenvalue weighted by molar-refractivity contribution is 4.94. The molecule has 0 radical (unpaired) electrons. The standard InChI is InChI=1S/C13H28N2O/c1-4-13(10-14,11-16-3)15-9-7-5-6-8-12(15)2/h12H,4-11,14H2,1-3H3. The summed E-state index contributed by atoms with van der Waals surface area (Å²) in [6, 6.07) is 0.640. The van der Waals surface area contributed by atoms with Crippen LogP contribution in [0.1, 0.15) is 46.0 Å². The van der Waals surface area contributed by atoms with E-state index < -0.39 is 0 Å². The first-order chi connectivity index (χ1) is 7.70. The molecule has 2 N–H and O–H groups in total. The third kappa shape index (κ3) is 2.96. The number of likely N-dealkylation sites (tertiary alicyclic amines) is 1. The topological polar surface area (TPSA) is 38.5 Å².